The van der Waals surface area contributed by atoms with Crippen LogP contribution in [0.3, 0.4) is 0 Å². The van der Waals surface area contributed by atoms with Gasteiger partial charge in [-0.15, -0.1) is 0 Å². The molecule has 3 rings (SSSR count). The molecule has 8 heteroatoms. The van der Waals surface area contributed by atoms with Crippen LogP contribution in [0.2, 0.25) is 5.02 Å². The molecule has 0 bridgehead atoms. The van der Waals surface area contributed by atoms with Gasteiger partial charge in [0.1, 0.15) is 12.4 Å². The first-order valence-corrected chi connectivity index (χ1v) is 10.6. The van der Waals surface area contributed by atoms with Crippen molar-refractivity contribution in [1.82, 2.24) is 10.2 Å². The molecule has 0 aliphatic rings. The summed E-state index contributed by atoms with van der Waals surface area (Å²) in [5.41, 5.74) is 2.65. The minimum Gasteiger partial charge on any atom is -0.345 e. The molecule has 33 heavy (non-hydrogen) atoms. The van der Waals surface area contributed by atoms with Crippen LogP contribution < -0.4 is 10.6 Å². The fourth-order valence-corrected chi connectivity index (χ4v) is 3.25. The Bertz CT molecular complexity index is 1130. The molecular weight excluding hydrogens is 445 g/mol. The number of carbonyl (C=O) groups excluding carboxylic acids is 3. The summed E-state index contributed by atoms with van der Waals surface area (Å²) in [5.74, 6) is -1.71. The first-order valence-electron chi connectivity index (χ1n) is 10.2. The van der Waals surface area contributed by atoms with Crippen molar-refractivity contribution in [3.05, 3.63) is 100 Å². The number of aryl methyl sites for hydroxylation is 1. The smallest absolute Gasteiger partial charge is 0.254 e. The first kappa shape index (κ1) is 23.9. The van der Waals surface area contributed by atoms with Crippen molar-refractivity contribution in [3.8, 4) is 0 Å². The quantitative estimate of drug-likeness (QED) is 0.521. The van der Waals surface area contributed by atoms with Gasteiger partial charge < -0.3 is 15.5 Å². The molecule has 6 nitrogen and oxygen atoms in total. The van der Waals surface area contributed by atoms with Gasteiger partial charge in [-0.2, -0.15) is 0 Å². The van der Waals surface area contributed by atoms with Crippen LogP contribution in [0.25, 0.3) is 0 Å². The Kier molecular flexibility index (Phi) is 8.16. The molecule has 2 N–H and O–H groups in total. The largest absolute Gasteiger partial charge is 0.345 e. The third kappa shape index (κ3) is 7.43. The van der Waals surface area contributed by atoms with Gasteiger partial charge in [0.25, 0.3) is 5.91 Å². The molecule has 3 amide bonds. The number of anilines is 1. The fraction of sp³-hybridized carbons (Fsp3) is 0.160. The van der Waals surface area contributed by atoms with Crippen molar-refractivity contribution in [2.75, 3.05) is 18.4 Å². The Balaban J connectivity index is 1.64. The van der Waals surface area contributed by atoms with Crippen molar-refractivity contribution in [1.29, 1.82) is 0 Å². The number of amides is 3. The number of halogens is 2. The highest BCUT2D eigenvalue weighted by molar-refractivity contribution is 6.31. The molecule has 0 saturated heterocycles. The van der Waals surface area contributed by atoms with Crippen LogP contribution in [0.4, 0.5) is 10.1 Å². The summed E-state index contributed by atoms with van der Waals surface area (Å²) in [5, 5.41) is 5.61. The molecule has 0 atom stereocenters. The normalized spacial score (nSPS) is 10.4. The monoisotopic (exact) mass is 467 g/mol. The third-order valence-corrected chi connectivity index (χ3v) is 5.00. The third-order valence-electron chi connectivity index (χ3n) is 4.76. The van der Waals surface area contributed by atoms with Gasteiger partial charge in [-0.05, 0) is 55.0 Å². The van der Waals surface area contributed by atoms with Crippen molar-refractivity contribution in [3.63, 3.8) is 0 Å². The molecule has 0 aliphatic heterocycles. The van der Waals surface area contributed by atoms with E-state index in [9.17, 15) is 18.8 Å². The average molecular weight is 468 g/mol. The van der Waals surface area contributed by atoms with Crippen LogP contribution in [0.1, 0.15) is 21.5 Å². The van der Waals surface area contributed by atoms with Gasteiger partial charge in [0.15, 0.2) is 0 Å². The van der Waals surface area contributed by atoms with Gasteiger partial charge >= 0.3 is 0 Å². The molecular formula is C25H23ClFN3O3. The molecule has 0 aromatic heterocycles. The van der Waals surface area contributed by atoms with E-state index in [1.165, 1.54) is 23.1 Å². The summed E-state index contributed by atoms with van der Waals surface area (Å²) in [6.07, 6.45) is 0. The van der Waals surface area contributed by atoms with Crippen molar-refractivity contribution >= 4 is 35.0 Å². The maximum absolute atomic E-state index is 13.3. The van der Waals surface area contributed by atoms with E-state index >= 15 is 0 Å². The zero-order valence-electron chi connectivity index (χ0n) is 18.0. The Morgan fingerprint density at radius 3 is 2.30 bits per heavy atom. The van der Waals surface area contributed by atoms with Gasteiger partial charge in [0.2, 0.25) is 11.8 Å². The van der Waals surface area contributed by atoms with E-state index in [1.54, 1.807) is 42.5 Å². The van der Waals surface area contributed by atoms with Crippen LogP contribution in [0, 0.1) is 12.7 Å². The van der Waals surface area contributed by atoms with Crippen LogP contribution in [0.5, 0.6) is 0 Å². The lowest BCUT2D eigenvalue weighted by atomic mass is 10.1. The van der Waals surface area contributed by atoms with Crippen LogP contribution in [-0.2, 0) is 16.1 Å². The lowest BCUT2D eigenvalue weighted by molar-refractivity contribution is -0.124. The van der Waals surface area contributed by atoms with Crippen LogP contribution >= 0.6 is 11.6 Å². The number of nitrogens with one attached hydrogen (secondary N) is 2. The Morgan fingerprint density at radius 1 is 0.939 bits per heavy atom. The number of benzene rings is 3. The molecule has 0 heterocycles. The van der Waals surface area contributed by atoms with Gasteiger partial charge in [-0.1, -0.05) is 47.5 Å². The standard InChI is InChI=1S/C25H23ClFN3O3/c1-17-5-11-22(12-6-17)29-23(31)14-28-24(32)16-30(15-18-7-9-21(27)10-8-18)25(33)19-3-2-4-20(26)13-19/h2-13H,14-16H2,1H3,(H,28,32)(H,29,31). The first-order chi connectivity index (χ1) is 15.8. The lowest BCUT2D eigenvalue weighted by Crippen LogP contribution is -2.42. The Labute approximate surface area is 196 Å². The SMILES string of the molecule is Cc1ccc(NC(=O)CNC(=O)CN(Cc2ccc(F)cc2)C(=O)c2cccc(Cl)c2)cc1. The van der Waals surface area contributed by atoms with Crippen molar-refractivity contribution < 1.29 is 18.8 Å². The summed E-state index contributed by atoms with van der Waals surface area (Å²) in [6, 6.07) is 19.3. The van der Waals surface area contributed by atoms with E-state index in [2.05, 4.69) is 10.6 Å². The molecule has 170 valence electrons. The number of carbonyl (C=O) groups is 3. The van der Waals surface area contributed by atoms with Gasteiger partial charge in [0, 0.05) is 22.8 Å². The predicted molar refractivity (Wildman–Crippen MR) is 125 cm³/mol. The molecule has 0 unspecified atom stereocenters. The zero-order chi connectivity index (χ0) is 23.8. The molecule has 0 spiro atoms. The fourth-order valence-electron chi connectivity index (χ4n) is 3.06. The highest BCUT2D eigenvalue weighted by atomic mass is 35.5. The average Bonchev–Trinajstić information content (AvgIpc) is 2.80. The number of rotatable bonds is 8. The van der Waals surface area contributed by atoms with E-state index in [-0.39, 0.29) is 19.6 Å². The number of nitrogens with zero attached hydrogens (tertiary/aromatic N) is 1. The van der Waals surface area contributed by atoms with E-state index in [0.717, 1.165) is 5.56 Å². The second-order valence-electron chi connectivity index (χ2n) is 7.49. The highest BCUT2D eigenvalue weighted by Gasteiger charge is 2.20. The molecule has 3 aromatic rings. The molecule has 0 radical (unpaired) electrons. The topological polar surface area (TPSA) is 78.5 Å². The molecule has 3 aromatic carbocycles. The van der Waals surface area contributed by atoms with Crippen molar-refractivity contribution in [2.45, 2.75) is 13.5 Å². The summed E-state index contributed by atoms with van der Waals surface area (Å²) in [6.45, 7) is 1.48. The summed E-state index contributed by atoms with van der Waals surface area (Å²) in [7, 11) is 0. The number of hydrogen-bond donors (Lipinski definition) is 2. The predicted octanol–water partition coefficient (Wildman–Crippen LogP) is 4.18. The zero-order valence-corrected chi connectivity index (χ0v) is 18.7. The highest BCUT2D eigenvalue weighted by Crippen LogP contribution is 2.15. The Hall–Kier alpha value is -3.71. The van der Waals surface area contributed by atoms with Gasteiger partial charge in [-0.25, -0.2) is 4.39 Å². The van der Waals surface area contributed by atoms with Crippen LogP contribution in [0.15, 0.2) is 72.8 Å². The summed E-state index contributed by atoms with van der Waals surface area (Å²) < 4.78 is 13.3. The Morgan fingerprint density at radius 2 is 1.64 bits per heavy atom. The van der Waals surface area contributed by atoms with E-state index in [4.69, 9.17) is 11.6 Å². The second-order valence-corrected chi connectivity index (χ2v) is 7.93. The minimum atomic E-state index is -0.508. The van der Waals surface area contributed by atoms with E-state index in [0.29, 0.717) is 21.8 Å². The van der Waals surface area contributed by atoms with Crippen LogP contribution in [-0.4, -0.2) is 35.7 Å². The number of hydrogen-bond acceptors (Lipinski definition) is 3. The summed E-state index contributed by atoms with van der Waals surface area (Å²) >= 11 is 6.00. The minimum absolute atomic E-state index is 0.0780. The van der Waals surface area contributed by atoms with Gasteiger partial charge in [-0.3, -0.25) is 14.4 Å². The molecule has 0 fully saturated rings. The van der Waals surface area contributed by atoms with E-state index < -0.39 is 23.5 Å². The van der Waals surface area contributed by atoms with Gasteiger partial charge in [0.05, 0.1) is 6.54 Å². The maximum Gasteiger partial charge on any atom is 0.254 e. The molecule has 0 saturated carbocycles. The summed E-state index contributed by atoms with van der Waals surface area (Å²) in [4.78, 5) is 39.0. The van der Waals surface area contributed by atoms with Crippen molar-refractivity contribution in [2.24, 2.45) is 0 Å². The lowest BCUT2D eigenvalue weighted by Gasteiger charge is -2.22. The van der Waals surface area contributed by atoms with E-state index in [1.807, 2.05) is 19.1 Å². The maximum atomic E-state index is 13.3. The second kappa shape index (κ2) is 11.2. The molecule has 0 aliphatic carbocycles.